The van der Waals surface area contributed by atoms with Gasteiger partial charge in [-0.3, -0.25) is 0 Å². The third-order valence-corrected chi connectivity index (χ3v) is 3.72. The smallest absolute Gasteiger partial charge is 0.124 e. The summed E-state index contributed by atoms with van der Waals surface area (Å²) in [6, 6.07) is 7.97. The summed E-state index contributed by atoms with van der Waals surface area (Å²) in [5, 5.41) is 8.42. The minimum absolute atomic E-state index is 0.120. The molecule has 2 nitrogen and oxygen atoms in total. The first-order valence-corrected chi connectivity index (χ1v) is 7.17. The molecule has 1 heterocycles. The number of nitrogens with one attached hydrogen (secondary N) is 1. The van der Waals surface area contributed by atoms with Gasteiger partial charge in [0, 0.05) is 10.6 Å². The Balaban J connectivity index is 2.45. The van der Waals surface area contributed by atoms with Crippen molar-refractivity contribution in [3.05, 3.63) is 51.2 Å². The summed E-state index contributed by atoms with van der Waals surface area (Å²) in [4.78, 5) is 0. The van der Waals surface area contributed by atoms with Crippen molar-refractivity contribution in [1.29, 1.82) is 0 Å². The van der Waals surface area contributed by atoms with Crippen LogP contribution in [0, 0.1) is 0 Å². The van der Waals surface area contributed by atoms with E-state index in [2.05, 4.69) is 29.1 Å². The second-order valence-electron chi connectivity index (χ2n) is 3.93. The normalized spacial score (nSPS) is 12.4. The SMILES string of the molecule is CCNC(c1ccsc1)c1cc(Cl)ccc1OC. The van der Waals surface area contributed by atoms with Crippen LogP contribution in [0.3, 0.4) is 0 Å². The average Bonchev–Trinajstić information content (AvgIpc) is 2.89. The molecule has 2 rings (SSSR count). The van der Waals surface area contributed by atoms with Crippen LogP contribution < -0.4 is 10.1 Å². The summed E-state index contributed by atoms with van der Waals surface area (Å²) >= 11 is 7.79. The van der Waals surface area contributed by atoms with E-state index >= 15 is 0 Å². The summed E-state index contributed by atoms with van der Waals surface area (Å²) < 4.78 is 5.43. The molecule has 0 amide bonds. The number of ether oxygens (including phenoxy) is 1. The van der Waals surface area contributed by atoms with E-state index in [0.29, 0.717) is 0 Å². The third-order valence-electron chi connectivity index (χ3n) is 2.79. The number of thiophene rings is 1. The first-order chi connectivity index (χ1) is 8.76. The maximum absolute atomic E-state index is 6.10. The van der Waals surface area contributed by atoms with Crippen LogP contribution in [0.1, 0.15) is 24.1 Å². The van der Waals surface area contributed by atoms with E-state index in [9.17, 15) is 0 Å². The number of methoxy groups -OCH3 is 1. The maximum atomic E-state index is 6.10. The van der Waals surface area contributed by atoms with Gasteiger partial charge in [-0.15, -0.1) is 0 Å². The predicted octanol–water partition coefficient (Wildman–Crippen LogP) is 4.11. The highest BCUT2D eigenvalue weighted by Crippen LogP contribution is 2.33. The van der Waals surface area contributed by atoms with Crippen molar-refractivity contribution >= 4 is 22.9 Å². The Hall–Kier alpha value is -1.03. The van der Waals surface area contributed by atoms with E-state index in [0.717, 1.165) is 22.9 Å². The van der Waals surface area contributed by atoms with Crippen molar-refractivity contribution < 1.29 is 4.74 Å². The van der Waals surface area contributed by atoms with Gasteiger partial charge < -0.3 is 10.1 Å². The zero-order chi connectivity index (χ0) is 13.0. The molecular weight excluding hydrogens is 266 g/mol. The van der Waals surface area contributed by atoms with Gasteiger partial charge in [-0.1, -0.05) is 18.5 Å². The highest BCUT2D eigenvalue weighted by Gasteiger charge is 2.18. The summed E-state index contributed by atoms with van der Waals surface area (Å²) in [6.07, 6.45) is 0. The largest absolute Gasteiger partial charge is 0.496 e. The summed E-state index contributed by atoms with van der Waals surface area (Å²) in [6.45, 7) is 2.98. The molecule has 2 aromatic rings. The van der Waals surface area contributed by atoms with Crippen molar-refractivity contribution in [3.63, 3.8) is 0 Å². The molecule has 1 aromatic heterocycles. The molecule has 0 saturated heterocycles. The molecule has 0 aliphatic rings. The molecule has 1 unspecified atom stereocenters. The Morgan fingerprint density at radius 2 is 2.22 bits per heavy atom. The summed E-state index contributed by atoms with van der Waals surface area (Å²) in [5.74, 6) is 0.858. The molecule has 18 heavy (non-hydrogen) atoms. The van der Waals surface area contributed by atoms with E-state index in [1.54, 1.807) is 18.4 Å². The molecule has 0 spiro atoms. The minimum atomic E-state index is 0.120. The molecule has 0 radical (unpaired) electrons. The van der Waals surface area contributed by atoms with Gasteiger partial charge in [-0.2, -0.15) is 11.3 Å². The molecule has 0 aliphatic carbocycles. The van der Waals surface area contributed by atoms with E-state index in [1.165, 1.54) is 5.56 Å². The zero-order valence-electron chi connectivity index (χ0n) is 10.4. The Labute approximate surface area is 117 Å². The summed E-state index contributed by atoms with van der Waals surface area (Å²) in [7, 11) is 1.68. The van der Waals surface area contributed by atoms with E-state index in [4.69, 9.17) is 16.3 Å². The van der Waals surface area contributed by atoms with Crippen LogP contribution in [-0.2, 0) is 0 Å². The lowest BCUT2D eigenvalue weighted by Gasteiger charge is -2.20. The summed E-state index contributed by atoms with van der Waals surface area (Å²) in [5.41, 5.74) is 2.31. The zero-order valence-corrected chi connectivity index (χ0v) is 12.0. The fraction of sp³-hybridized carbons (Fsp3) is 0.286. The van der Waals surface area contributed by atoms with Gasteiger partial charge in [0.2, 0.25) is 0 Å². The number of halogens is 1. The Kier molecular flexibility index (Phi) is 4.64. The third kappa shape index (κ3) is 2.86. The number of rotatable bonds is 5. The van der Waals surface area contributed by atoms with Crippen molar-refractivity contribution in [3.8, 4) is 5.75 Å². The van der Waals surface area contributed by atoms with Crippen LogP contribution in [-0.4, -0.2) is 13.7 Å². The molecule has 0 saturated carbocycles. The lowest BCUT2D eigenvalue weighted by Crippen LogP contribution is -2.22. The Morgan fingerprint density at radius 3 is 2.83 bits per heavy atom. The number of benzene rings is 1. The fourth-order valence-electron chi connectivity index (χ4n) is 1.98. The van der Waals surface area contributed by atoms with Crippen LogP contribution in [0.5, 0.6) is 5.75 Å². The van der Waals surface area contributed by atoms with Gasteiger partial charge >= 0.3 is 0 Å². The Bertz CT molecular complexity index is 499. The lowest BCUT2D eigenvalue weighted by molar-refractivity contribution is 0.404. The van der Waals surface area contributed by atoms with E-state index < -0.39 is 0 Å². The van der Waals surface area contributed by atoms with Crippen LogP contribution >= 0.6 is 22.9 Å². The van der Waals surface area contributed by atoms with E-state index in [-0.39, 0.29) is 6.04 Å². The molecule has 1 N–H and O–H groups in total. The monoisotopic (exact) mass is 281 g/mol. The van der Waals surface area contributed by atoms with Crippen molar-refractivity contribution in [2.45, 2.75) is 13.0 Å². The second-order valence-corrected chi connectivity index (χ2v) is 5.15. The second kappa shape index (κ2) is 6.23. The van der Waals surface area contributed by atoms with Crippen LogP contribution in [0.25, 0.3) is 0 Å². The average molecular weight is 282 g/mol. The van der Waals surface area contributed by atoms with Gasteiger partial charge in [-0.05, 0) is 47.1 Å². The van der Waals surface area contributed by atoms with Gasteiger partial charge in [0.15, 0.2) is 0 Å². The quantitative estimate of drug-likeness (QED) is 0.890. The first-order valence-electron chi connectivity index (χ1n) is 5.85. The first kappa shape index (κ1) is 13.4. The highest BCUT2D eigenvalue weighted by atomic mass is 35.5. The molecule has 0 aliphatic heterocycles. The molecule has 1 atom stereocenters. The van der Waals surface area contributed by atoms with Gasteiger partial charge in [0.25, 0.3) is 0 Å². The molecule has 0 bridgehead atoms. The van der Waals surface area contributed by atoms with Gasteiger partial charge in [0.05, 0.1) is 13.2 Å². The molecular formula is C14H16ClNOS. The van der Waals surface area contributed by atoms with Crippen molar-refractivity contribution in [1.82, 2.24) is 5.32 Å². The van der Waals surface area contributed by atoms with Gasteiger partial charge in [0.1, 0.15) is 5.75 Å². The van der Waals surface area contributed by atoms with Crippen LogP contribution in [0.2, 0.25) is 5.02 Å². The molecule has 0 fully saturated rings. The maximum Gasteiger partial charge on any atom is 0.124 e. The van der Waals surface area contributed by atoms with E-state index in [1.807, 2.05) is 18.2 Å². The van der Waals surface area contributed by atoms with Crippen LogP contribution in [0.4, 0.5) is 0 Å². The molecule has 1 aromatic carbocycles. The standard InChI is InChI=1S/C14H16ClNOS/c1-3-16-14(10-6-7-18-9-10)12-8-11(15)4-5-13(12)17-2/h4-9,14,16H,3H2,1-2H3. The minimum Gasteiger partial charge on any atom is -0.496 e. The highest BCUT2D eigenvalue weighted by molar-refractivity contribution is 7.08. The van der Waals surface area contributed by atoms with Gasteiger partial charge in [-0.25, -0.2) is 0 Å². The van der Waals surface area contributed by atoms with Crippen molar-refractivity contribution in [2.24, 2.45) is 0 Å². The van der Waals surface area contributed by atoms with Crippen LogP contribution in [0.15, 0.2) is 35.0 Å². The Morgan fingerprint density at radius 1 is 1.39 bits per heavy atom. The molecule has 96 valence electrons. The predicted molar refractivity (Wildman–Crippen MR) is 77.8 cm³/mol. The topological polar surface area (TPSA) is 21.3 Å². The number of hydrogen-bond donors (Lipinski definition) is 1. The molecule has 4 heteroatoms. The number of hydrogen-bond acceptors (Lipinski definition) is 3. The lowest BCUT2D eigenvalue weighted by atomic mass is 10.00. The van der Waals surface area contributed by atoms with Crippen molar-refractivity contribution in [2.75, 3.05) is 13.7 Å². The fourth-order valence-corrected chi connectivity index (χ4v) is 2.85.